The van der Waals surface area contributed by atoms with Crippen molar-refractivity contribution in [1.29, 1.82) is 0 Å². The van der Waals surface area contributed by atoms with Crippen molar-refractivity contribution in [3.63, 3.8) is 0 Å². The molecule has 210 valence electrons. The highest BCUT2D eigenvalue weighted by molar-refractivity contribution is 5.98. The maximum Gasteiger partial charge on any atom is 0.269 e. The van der Waals surface area contributed by atoms with Gasteiger partial charge in [0.25, 0.3) is 11.6 Å². The van der Waals surface area contributed by atoms with Gasteiger partial charge in [-0.2, -0.15) is 0 Å². The van der Waals surface area contributed by atoms with E-state index in [0.29, 0.717) is 57.1 Å². The van der Waals surface area contributed by atoms with Crippen molar-refractivity contribution in [2.75, 3.05) is 60.1 Å². The van der Waals surface area contributed by atoms with Crippen LogP contribution >= 0.6 is 0 Å². The number of carbonyl (C=O) groups excluding carboxylic acids is 2. The lowest BCUT2D eigenvalue weighted by Gasteiger charge is -2.29. The van der Waals surface area contributed by atoms with E-state index >= 15 is 0 Å². The summed E-state index contributed by atoms with van der Waals surface area (Å²) in [6, 6.07) is 12.8. The molecule has 0 aromatic heterocycles. The zero-order chi connectivity index (χ0) is 27.8. The van der Waals surface area contributed by atoms with Gasteiger partial charge < -0.3 is 24.6 Å². The first kappa shape index (κ1) is 28.5. The Labute approximate surface area is 228 Å². The molecular formula is C28H37N5O6. The van der Waals surface area contributed by atoms with Gasteiger partial charge >= 0.3 is 0 Å². The lowest BCUT2D eigenvalue weighted by Crippen LogP contribution is -2.48. The third-order valence-corrected chi connectivity index (χ3v) is 7.43. The minimum atomic E-state index is -0.589. The van der Waals surface area contributed by atoms with Gasteiger partial charge in [-0.3, -0.25) is 24.6 Å². The molecule has 2 saturated heterocycles. The van der Waals surface area contributed by atoms with Crippen LogP contribution in [0.1, 0.15) is 28.8 Å². The Kier molecular flexibility index (Phi) is 9.85. The number of benzene rings is 2. The summed E-state index contributed by atoms with van der Waals surface area (Å²) in [5.41, 5.74) is 1.43. The molecule has 2 aliphatic heterocycles. The molecule has 2 fully saturated rings. The monoisotopic (exact) mass is 539 g/mol. The van der Waals surface area contributed by atoms with Crippen molar-refractivity contribution in [2.45, 2.75) is 31.5 Å². The maximum atomic E-state index is 13.8. The standard InChI is InChI=1S/C28H37N5O6/c1-38-16-15-31(19-21-7-9-23(10-8-21)33(36)37)24-18-26(28(35)30-13-4-11-29-12-14-30)32(20-24)27(34)22-5-3-6-25(17-22)39-2/h3,5-10,17,24,26,29H,4,11-16,18-20H2,1-2H3. The van der Waals surface area contributed by atoms with Crippen LogP contribution in [0.4, 0.5) is 5.69 Å². The van der Waals surface area contributed by atoms with Crippen LogP contribution in [0.3, 0.4) is 0 Å². The summed E-state index contributed by atoms with van der Waals surface area (Å²) >= 11 is 0. The van der Waals surface area contributed by atoms with E-state index in [-0.39, 0.29) is 23.5 Å². The Morgan fingerprint density at radius 1 is 1.13 bits per heavy atom. The Balaban J connectivity index is 1.60. The van der Waals surface area contributed by atoms with Gasteiger partial charge in [0.05, 0.1) is 18.6 Å². The molecule has 11 nitrogen and oxygen atoms in total. The average Bonchev–Trinajstić information content (AvgIpc) is 3.22. The fourth-order valence-corrected chi connectivity index (χ4v) is 5.29. The first-order valence-electron chi connectivity index (χ1n) is 13.3. The molecule has 11 heteroatoms. The van der Waals surface area contributed by atoms with Crippen LogP contribution in [0.25, 0.3) is 0 Å². The fraction of sp³-hybridized carbons (Fsp3) is 0.500. The van der Waals surface area contributed by atoms with Gasteiger partial charge in [-0.25, -0.2) is 0 Å². The molecular weight excluding hydrogens is 502 g/mol. The van der Waals surface area contributed by atoms with E-state index in [1.165, 1.54) is 12.1 Å². The lowest BCUT2D eigenvalue weighted by molar-refractivity contribution is -0.384. The molecule has 2 amide bonds. The third-order valence-electron chi connectivity index (χ3n) is 7.43. The zero-order valence-corrected chi connectivity index (χ0v) is 22.6. The zero-order valence-electron chi connectivity index (χ0n) is 22.6. The molecule has 0 aliphatic carbocycles. The molecule has 2 aromatic carbocycles. The van der Waals surface area contributed by atoms with Crippen molar-refractivity contribution >= 4 is 17.5 Å². The average molecular weight is 540 g/mol. The first-order valence-corrected chi connectivity index (χ1v) is 13.3. The summed E-state index contributed by atoms with van der Waals surface area (Å²) in [6.45, 7) is 4.83. The smallest absolute Gasteiger partial charge is 0.269 e. The molecule has 2 aliphatic rings. The number of likely N-dealkylation sites (tertiary alicyclic amines) is 1. The molecule has 39 heavy (non-hydrogen) atoms. The van der Waals surface area contributed by atoms with Crippen LogP contribution < -0.4 is 10.1 Å². The van der Waals surface area contributed by atoms with E-state index in [2.05, 4.69) is 10.2 Å². The van der Waals surface area contributed by atoms with Gasteiger partial charge in [-0.05, 0) is 43.1 Å². The summed E-state index contributed by atoms with van der Waals surface area (Å²) in [5, 5.41) is 14.4. The van der Waals surface area contributed by atoms with Crippen LogP contribution in [0.2, 0.25) is 0 Å². The SMILES string of the molecule is COCCN(Cc1ccc([N+](=O)[O-])cc1)C1CC(C(=O)N2CCCNCC2)N(C(=O)c2cccc(OC)c2)C1. The topological polar surface area (TPSA) is 117 Å². The number of hydrogen-bond donors (Lipinski definition) is 1. The number of rotatable bonds is 10. The number of methoxy groups -OCH3 is 2. The largest absolute Gasteiger partial charge is 0.497 e. The lowest BCUT2D eigenvalue weighted by atomic mass is 10.1. The van der Waals surface area contributed by atoms with Crippen LogP contribution in [0.15, 0.2) is 48.5 Å². The molecule has 2 unspecified atom stereocenters. The Bertz CT molecular complexity index is 1140. The second kappa shape index (κ2) is 13.5. The number of ether oxygens (including phenoxy) is 2. The number of carbonyl (C=O) groups is 2. The summed E-state index contributed by atoms with van der Waals surface area (Å²) in [4.78, 5) is 44.1. The molecule has 2 aromatic rings. The molecule has 0 radical (unpaired) electrons. The van der Waals surface area contributed by atoms with Crippen molar-refractivity contribution < 1.29 is 24.0 Å². The van der Waals surface area contributed by atoms with E-state index in [9.17, 15) is 19.7 Å². The van der Waals surface area contributed by atoms with Gasteiger partial charge in [-0.15, -0.1) is 0 Å². The molecule has 2 heterocycles. The normalized spacial score (nSPS) is 19.7. The first-order chi connectivity index (χ1) is 18.9. The highest BCUT2D eigenvalue weighted by Gasteiger charge is 2.43. The number of hydrogen-bond acceptors (Lipinski definition) is 8. The summed E-state index contributed by atoms with van der Waals surface area (Å²) < 4.78 is 10.7. The van der Waals surface area contributed by atoms with Crippen molar-refractivity contribution in [3.8, 4) is 5.75 Å². The van der Waals surface area contributed by atoms with Crippen LogP contribution in [0, 0.1) is 10.1 Å². The highest BCUT2D eigenvalue weighted by atomic mass is 16.6. The van der Waals surface area contributed by atoms with Crippen LogP contribution in [-0.4, -0.2) is 104 Å². The van der Waals surface area contributed by atoms with Gasteiger partial charge in [0.1, 0.15) is 11.8 Å². The fourth-order valence-electron chi connectivity index (χ4n) is 5.29. The summed E-state index contributed by atoms with van der Waals surface area (Å²) in [7, 11) is 3.19. The second-order valence-corrected chi connectivity index (χ2v) is 9.91. The molecule has 1 N–H and O–H groups in total. The predicted molar refractivity (Wildman–Crippen MR) is 146 cm³/mol. The quantitative estimate of drug-likeness (QED) is 0.361. The minimum Gasteiger partial charge on any atom is -0.497 e. The molecule has 0 bridgehead atoms. The van der Waals surface area contributed by atoms with E-state index in [1.54, 1.807) is 55.5 Å². The Morgan fingerprint density at radius 2 is 1.92 bits per heavy atom. The molecule has 2 atom stereocenters. The highest BCUT2D eigenvalue weighted by Crippen LogP contribution is 2.28. The number of nitro benzene ring substituents is 1. The molecule has 0 saturated carbocycles. The number of nitro groups is 1. The third kappa shape index (κ3) is 7.11. The summed E-state index contributed by atoms with van der Waals surface area (Å²) in [5.74, 6) is 0.349. The van der Waals surface area contributed by atoms with Gasteiger partial charge in [0, 0.05) is 70.1 Å². The van der Waals surface area contributed by atoms with Crippen molar-refractivity contribution in [3.05, 3.63) is 69.8 Å². The maximum absolute atomic E-state index is 13.8. The predicted octanol–water partition coefficient (Wildman–Crippen LogP) is 2.16. The van der Waals surface area contributed by atoms with Gasteiger partial charge in [0.15, 0.2) is 0 Å². The van der Waals surface area contributed by atoms with Gasteiger partial charge in [-0.1, -0.05) is 18.2 Å². The Morgan fingerprint density at radius 3 is 2.64 bits per heavy atom. The Hall–Kier alpha value is -3.54. The van der Waals surface area contributed by atoms with Crippen molar-refractivity contribution in [1.82, 2.24) is 20.0 Å². The van der Waals surface area contributed by atoms with Crippen LogP contribution in [-0.2, 0) is 16.1 Å². The van der Waals surface area contributed by atoms with E-state index in [4.69, 9.17) is 9.47 Å². The molecule has 0 spiro atoms. The number of nitrogens with one attached hydrogen (secondary N) is 1. The van der Waals surface area contributed by atoms with E-state index in [1.807, 2.05) is 4.90 Å². The molecule has 4 rings (SSSR count). The number of non-ortho nitro benzene ring substituents is 1. The number of nitrogens with zero attached hydrogens (tertiary/aromatic N) is 4. The van der Waals surface area contributed by atoms with E-state index in [0.717, 1.165) is 25.1 Å². The second-order valence-electron chi connectivity index (χ2n) is 9.91. The minimum absolute atomic E-state index is 0.0283. The van der Waals surface area contributed by atoms with Crippen LogP contribution in [0.5, 0.6) is 5.75 Å². The van der Waals surface area contributed by atoms with Gasteiger partial charge in [0.2, 0.25) is 5.91 Å². The summed E-state index contributed by atoms with van der Waals surface area (Å²) in [6.07, 6.45) is 1.36. The number of amides is 2. The van der Waals surface area contributed by atoms with Crippen molar-refractivity contribution in [2.24, 2.45) is 0 Å². The van der Waals surface area contributed by atoms with E-state index < -0.39 is 11.0 Å².